The van der Waals surface area contributed by atoms with Gasteiger partial charge in [-0.05, 0) is 35.4 Å². The van der Waals surface area contributed by atoms with Crippen LogP contribution in [0.2, 0.25) is 0 Å². The molecule has 1 saturated heterocycles. The minimum Gasteiger partial charge on any atom is -0.497 e. The number of nitrogens with zero attached hydrogens (tertiary/aromatic N) is 1. The zero-order valence-corrected chi connectivity index (χ0v) is 17.5. The Morgan fingerprint density at radius 3 is 2.10 bits per heavy atom. The Hall–Kier alpha value is -3.60. The Bertz CT molecular complexity index is 980. The normalized spacial score (nSPS) is 15.9. The fraction of sp³-hybridized carbons (Fsp3) is 0.231. The Kier molecular flexibility index (Phi) is 6.32. The average Bonchev–Trinajstić information content (AvgIpc) is 3.18. The molecule has 0 spiro atoms. The van der Waals surface area contributed by atoms with E-state index in [0.717, 1.165) is 22.6 Å². The van der Waals surface area contributed by atoms with Crippen molar-refractivity contribution in [2.45, 2.75) is 24.8 Å². The van der Waals surface area contributed by atoms with Crippen LogP contribution in [0.15, 0.2) is 84.9 Å². The van der Waals surface area contributed by atoms with Gasteiger partial charge in [0, 0.05) is 31.0 Å². The molecule has 1 aliphatic heterocycles. The first-order valence-electron chi connectivity index (χ1n) is 10.5. The highest BCUT2D eigenvalue weighted by Gasteiger charge is 2.32. The van der Waals surface area contributed by atoms with Crippen molar-refractivity contribution < 1.29 is 14.3 Å². The molecule has 4 rings (SSSR count). The summed E-state index contributed by atoms with van der Waals surface area (Å²) < 4.78 is 5.18. The molecular weight excluding hydrogens is 388 g/mol. The van der Waals surface area contributed by atoms with Crippen LogP contribution in [0.4, 0.5) is 5.69 Å². The monoisotopic (exact) mass is 414 g/mol. The molecule has 0 saturated carbocycles. The van der Waals surface area contributed by atoms with Gasteiger partial charge in [-0.2, -0.15) is 0 Å². The van der Waals surface area contributed by atoms with Crippen molar-refractivity contribution >= 4 is 17.5 Å². The predicted molar refractivity (Wildman–Crippen MR) is 121 cm³/mol. The lowest BCUT2D eigenvalue weighted by Gasteiger charge is -2.20. The van der Waals surface area contributed by atoms with Gasteiger partial charge in [0.1, 0.15) is 5.75 Å². The van der Waals surface area contributed by atoms with Crippen molar-refractivity contribution in [1.29, 1.82) is 0 Å². The molecule has 0 radical (unpaired) electrons. The maximum atomic E-state index is 12.9. The summed E-state index contributed by atoms with van der Waals surface area (Å²) >= 11 is 0. The lowest BCUT2D eigenvalue weighted by molar-refractivity contribution is -0.122. The molecule has 0 aliphatic carbocycles. The number of methoxy groups -OCH3 is 1. The Labute approximate surface area is 182 Å². The molecule has 3 aromatic carbocycles. The van der Waals surface area contributed by atoms with Crippen LogP contribution in [0, 0.1) is 0 Å². The summed E-state index contributed by atoms with van der Waals surface area (Å²) in [6, 6.07) is 27.3. The number of hydrogen-bond acceptors (Lipinski definition) is 3. The van der Waals surface area contributed by atoms with Gasteiger partial charge in [0.15, 0.2) is 0 Å². The first-order chi connectivity index (χ1) is 15.1. The van der Waals surface area contributed by atoms with Gasteiger partial charge >= 0.3 is 0 Å². The van der Waals surface area contributed by atoms with E-state index in [1.807, 2.05) is 60.7 Å². The van der Waals surface area contributed by atoms with Crippen molar-refractivity contribution in [2.24, 2.45) is 0 Å². The summed E-state index contributed by atoms with van der Waals surface area (Å²) in [7, 11) is 1.61. The van der Waals surface area contributed by atoms with E-state index in [9.17, 15) is 9.59 Å². The van der Waals surface area contributed by atoms with E-state index in [1.165, 1.54) is 0 Å². The van der Waals surface area contributed by atoms with Crippen molar-refractivity contribution in [3.8, 4) is 5.75 Å². The van der Waals surface area contributed by atoms with Crippen LogP contribution in [0.25, 0.3) is 0 Å². The molecule has 3 aromatic rings. The van der Waals surface area contributed by atoms with Crippen LogP contribution >= 0.6 is 0 Å². The third-order valence-corrected chi connectivity index (χ3v) is 5.67. The number of benzene rings is 3. The number of carbonyl (C=O) groups excluding carboxylic acids is 2. The largest absolute Gasteiger partial charge is 0.497 e. The third-order valence-electron chi connectivity index (χ3n) is 5.67. The number of ether oxygens (including phenoxy) is 1. The van der Waals surface area contributed by atoms with E-state index in [-0.39, 0.29) is 23.8 Å². The van der Waals surface area contributed by atoms with E-state index in [0.29, 0.717) is 19.4 Å². The maximum absolute atomic E-state index is 12.9. The second kappa shape index (κ2) is 9.47. The van der Waals surface area contributed by atoms with Gasteiger partial charge in [-0.1, -0.05) is 60.7 Å². The Morgan fingerprint density at radius 1 is 0.968 bits per heavy atom. The van der Waals surface area contributed by atoms with Gasteiger partial charge in [0.2, 0.25) is 11.8 Å². The Balaban J connectivity index is 1.43. The summed E-state index contributed by atoms with van der Waals surface area (Å²) in [5, 5.41) is 3.08. The molecule has 0 aromatic heterocycles. The topological polar surface area (TPSA) is 58.6 Å². The molecule has 1 fully saturated rings. The molecule has 1 heterocycles. The van der Waals surface area contributed by atoms with E-state index in [4.69, 9.17) is 4.74 Å². The fourth-order valence-electron chi connectivity index (χ4n) is 4.09. The zero-order chi connectivity index (χ0) is 21.6. The van der Waals surface area contributed by atoms with Gasteiger partial charge in [-0.15, -0.1) is 0 Å². The van der Waals surface area contributed by atoms with Gasteiger partial charge in [-0.25, -0.2) is 0 Å². The second-order valence-corrected chi connectivity index (χ2v) is 7.75. The highest BCUT2D eigenvalue weighted by atomic mass is 16.5. The molecule has 1 atom stereocenters. The highest BCUT2D eigenvalue weighted by molar-refractivity contribution is 5.97. The van der Waals surface area contributed by atoms with Crippen molar-refractivity contribution in [3.63, 3.8) is 0 Å². The van der Waals surface area contributed by atoms with Gasteiger partial charge in [0.25, 0.3) is 0 Å². The number of nitrogens with one attached hydrogen (secondary N) is 1. The summed E-state index contributed by atoms with van der Waals surface area (Å²) in [4.78, 5) is 27.2. The van der Waals surface area contributed by atoms with Gasteiger partial charge < -0.3 is 15.0 Å². The molecule has 2 amide bonds. The predicted octanol–water partition coefficient (Wildman–Crippen LogP) is 4.14. The minimum atomic E-state index is -0.200. The van der Waals surface area contributed by atoms with Crippen LogP contribution in [-0.2, 0) is 9.59 Å². The zero-order valence-electron chi connectivity index (χ0n) is 17.5. The molecule has 5 nitrogen and oxygen atoms in total. The highest BCUT2D eigenvalue weighted by Crippen LogP contribution is 2.28. The lowest BCUT2D eigenvalue weighted by atomic mass is 9.88. The van der Waals surface area contributed by atoms with E-state index >= 15 is 0 Å². The third kappa shape index (κ3) is 4.94. The van der Waals surface area contributed by atoms with Crippen LogP contribution < -0.4 is 15.0 Å². The molecule has 31 heavy (non-hydrogen) atoms. The Morgan fingerprint density at radius 2 is 1.55 bits per heavy atom. The van der Waals surface area contributed by atoms with Crippen LogP contribution in [-0.4, -0.2) is 31.5 Å². The van der Waals surface area contributed by atoms with Gasteiger partial charge in [0.05, 0.1) is 13.2 Å². The molecule has 1 N–H and O–H groups in total. The van der Waals surface area contributed by atoms with E-state index in [1.54, 1.807) is 12.0 Å². The second-order valence-electron chi connectivity index (χ2n) is 7.75. The standard InChI is InChI=1S/C26H26N2O3/c1-31-23-14-12-22(13-15-23)28-18-21(16-26(28)30)27-25(29)17-24(19-8-4-2-5-9-19)20-10-6-3-7-11-20/h2-15,21,24H,16-18H2,1H3,(H,27,29)/t21-/m0/s1. The van der Waals surface area contributed by atoms with Crippen molar-refractivity contribution in [1.82, 2.24) is 5.32 Å². The SMILES string of the molecule is COc1ccc(N2C[C@@H](NC(=O)CC(c3ccccc3)c3ccccc3)CC2=O)cc1. The lowest BCUT2D eigenvalue weighted by Crippen LogP contribution is -2.37. The van der Waals surface area contributed by atoms with E-state index in [2.05, 4.69) is 29.6 Å². The minimum absolute atomic E-state index is 0.0122. The summed E-state index contributed by atoms with van der Waals surface area (Å²) in [5.41, 5.74) is 3.02. The van der Waals surface area contributed by atoms with Gasteiger partial charge in [-0.3, -0.25) is 9.59 Å². The molecule has 0 unspecified atom stereocenters. The first-order valence-corrected chi connectivity index (χ1v) is 10.5. The van der Waals surface area contributed by atoms with Crippen molar-refractivity contribution in [2.75, 3.05) is 18.6 Å². The quantitative estimate of drug-likeness (QED) is 0.632. The molecule has 0 bridgehead atoms. The maximum Gasteiger partial charge on any atom is 0.229 e. The number of carbonyl (C=O) groups is 2. The summed E-state index contributed by atoms with van der Waals surface area (Å²) in [6.07, 6.45) is 0.639. The van der Waals surface area contributed by atoms with Crippen LogP contribution in [0.1, 0.15) is 29.9 Å². The van der Waals surface area contributed by atoms with Crippen molar-refractivity contribution in [3.05, 3.63) is 96.1 Å². The molecule has 1 aliphatic rings. The number of amides is 2. The first kappa shape index (κ1) is 20.7. The molecule has 158 valence electrons. The van der Waals surface area contributed by atoms with Crippen LogP contribution in [0.3, 0.4) is 0 Å². The average molecular weight is 415 g/mol. The molecule has 5 heteroatoms. The number of rotatable bonds is 7. The molecular formula is C26H26N2O3. The fourth-order valence-corrected chi connectivity index (χ4v) is 4.09. The number of hydrogen-bond donors (Lipinski definition) is 1. The van der Waals surface area contributed by atoms with E-state index < -0.39 is 0 Å². The smallest absolute Gasteiger partial charge is 0.229 e. The van der Waals surface area contributed by atoms with Crippen LogP contribution in [0.5, 0.6) is 5.75 Å². The summed E-state index contributed by atoms with van der Waals surface area (Å²) in [5.74, 6) is 0.676. The summed E-state index contributed by atoms with van der Waals surface area (Å²) in [6.45, 7) is 0.470. The number of anilines is 1.